The lowest BCUT2D eigenvalue weighted by Gasteiger charge is -2.17. The number of hydrogen-bond donors (Lipinski definition) is 2. The van der Waals surface area contributed by atoms with Gasteiger partial charge in [-0.2, -0.15) is 5.21 Å². The van der Waals surface area contributed by atoms with E-state index in [2.05, 4.69) is 25.9 Å². The van der Waals surface area contributed by atoms with E-state index >= 15 is 0 Å². The number of anilines is 2. The average Bonchev–Trinajstić information content (AvgIpc) is 3.34. The lowest BCUT2D eigenvalue weighted by atomic mass is 10.2. The molecule has 0 saturated heterocycles. The minimum atomic E-state index is -0.621. The second kappa shape index (κ2) is 6.51. The highest BCUT2D eigenvalue weighted by Gasteiger charge is 2.19. The summed E-state index contributed by atoms with van der Waals surface area (Å²) in [5, 5.41) is 16.2. The number of aromatic amines is 1. The summed E-state index contributed by atoms with van der Waals surface area (Å²) in [4.78, 5) is 24.9. The predicted molar refractivity (Wildman–Crippen MR) is 89.7 cm³/mol. The Balaban J connectivity index is 1.56. The number of nitrogens with zero attached hydrogens (tertiary/aromatic N) is 4. The van der Waals surface area contributed by atoms with Gasteiger partial charge in [0.1, 0.15) is 0 Å². The van der Waals surface area contributed by atoms with E-state index in [0.29, 0.717) is 40.7 Å². The summed E-state index contributed by atoms with van der Waals surface area (Å²) in [6.07, 6.45) is 0.428. The smallest absolute Gasteiger partial charge is 0.332 e. The number of hydrogen-bond acceptors (Lipinski definition) is 7. The number of aromatic nitrogens is 4. The van der Waals surface area contributed by atoms with Crippen LogP contribution in [0.3, 0.4) is 0 Å². The number of benzene rings is 2. The van der Waals surface area contributed by atoms with E-state index in [-0.39, 0.29) is 6.79 Å². The molecule has 3 amide bonds. The van der Waals surface area contributed by atoms with Crippen molar-refractivity contribution in [2.75, 3.05) is 17.0 Å². The fourth-order valence-electron chi connectivity index (χ4n) is 2.46. The van der Waals surface area contributed by atoms with Gasteiger partial charge in [0.15, 0.2) is 11.5 Å². The summed E-state index contributed by atoms with van der Waals surface area (Å²) in [5.41, 5.74) is 1.44. The van der Waals surface area contributed by atoms with E-state index in [0.717, 1.165) is 4.90 Å². The molecule has 0 aliphatic carbocycles. The fourth-order valence-corrected chi connectivity index (χ4v) is 2.46. The Labute approximate surface area is 146 Å². The summed E-state index contributed by atoms with van der Waals surface area (Å²) in [6, 6.07) is 11.0. The van der Waals surface area contributed by atoms with Gasteiger partial charge in [-0.25, -0.2) is 9.69 Å². The van der Waals surface area contributed by atoms with Gasteiger partial charge in [0, 0.05) is 17.3 Å². The molecule has 2 aromatic carbocycles. The van der Waals surface area contributed by atoms with Crippen LogP contribution in [0.1, 0.15) is 0 Å². The van der Waals surface area contributed by atoms with Gasteiger partial charge in [0.05, 0.1) is 5.69 Å². The number of urea groups is 1. The molecule has 26 heavy (non-hydrogen) atoms. The van der Waals surface area contributed by atoms with Gasteiger partial charge >= 0.3 is 6.03 Å². The first-order chi connectivity index (χ1) is 12.7. The third-order valence-corrected chi connectivity index (χ3v) is 3.68. The highest BCUT2D eigenvalue weighted by molar-refractivity contribution is 6.12. The van der Waals surface area contributed by atoms with E-state index in [1.807, 2.05) is 0 Å². The van der Waals surface area contributed by atoms with Crippen LogP contribution in [0.5, 0.6) is 11.5 Å². The molecule has 0 bridgehead atoms. The molecule has 1 aromatic heterocycles. The van der Waals surface area contributed by atoms with E-state index in [1.165, 1.54) is 0 Å². The molecule has 10 nitrogen and oxygen atoms in total. The fraction of sp³-hybridized carbons (Fsp3) is 0.0625. The average molecular weight is 352 g/mol. The molecule has 1 aliphatic rings. The monoisotopic (exact) mass is 352 g/mol. The molecule has 2 N–H and O–H groups in total. The molecule has 0 unspecified atom stereocenters. The molecule has 0 fully saturated rings. The largest absolute Gasteiger partial charge is 0.454 e. The van der Waals surface area contributed by atoms with Crippen molar-refractivity contribution in [1.29, 1.82) is 0 Å². The Morgan fingerprint density at radius 2 is 2.08 bits per heavy atom. The van der Waals surface area contributed by atoms with E-state index in [9.17, 15) is 9.59 Å². The number of imide groups is 1. The van der Waals surface area contributed by atoms with Gasteiger partial charge in [-0.15, -0.1) is 10.2 Å². The third-order valence-electron chi connectivity index (χ3n) is 3.68. The van der Waals surface area contributed by atoms with Crippen LogP contribution in [0.25, 0.3) is 11.4 Å². The molecule has 1 aliphatic heterocycles. The van der Waals surface area contributed by atoms with Crippen molar-refractivity contribution < 1.29 is 19.1 Å². The zero-order valence-electron chi connectivity index (χ0n) is 13.2. The summed E-state index contributed by atoms with van der Waals surface area (Å²) in [6.45, 7) is 0.135. The molecule has 3 aromatic rings. The number of H-pyrrole nitrogens is 1. The van der Waals surface area contributed by atoms with E-state index in [1.54, 1.807) is 42.5 Å². The topological polar surface area (TPSA) is 122 Å². The number of fused-ring (bicyclic) bond motifs is 1. The first kappa shape index (κ1) is 15.6. The highest BCUT2D eigenvalue weighted by Crippen LogP contribution is 2.34. The van der Waals surface area contributed by atoms with Crippen molar-refractivity contribution >= 4 is 23.8 Å². The molecule has 4 rings (SSSR count). The standard InChI is InChI=1S/C16H12N6O4/c23-8-22(12-3-1-2-10(6-12)15-18-20-21-19-15)16(24)17-11-4-5-13-14(7-11)26-9-25-13/h1-8H,9H2,(H,17,24)(H,18,19,20,21). The zero-order chi connectivity index (χ0) is 17.9. The van der Waals surface area contributed by atoms with Gasteiger partial charge in [-0.1, -0.05) is 12.1 Å². The second-order valence-corrected chi connectivity index (χ2v) is 5.26. The van der Waals surface area contributed by atoms with Gasteiger partial charge in [0.25, 0.3) is 0 Å². The van der Waals surface area contributed by atoms with Gasteiger partial charge in [0.2, 0.25) is 19.0 Å². The summed E-state index contributed by atoms with van der Waals surface area (Å²) < 4.78 is 10.5. The van der Waals surface area contributed by atoms with Crippen LogP contribution in [-0.4, -0.2) is 39.9 Å². The first-order valence-corrected chi connectivity index (χ1v) is 7.53. The van der Waals surface area contributed by atoms with Crippen LogP contribution >= 0.6 is 0 Å². The van der Waals surface area contributed by atoms with Crippen molar-refractivity contribution in [3.05, 3.63) is 42.5 Å². The Morgan fingerprint density at radius 3 is 2.88 bits per heavy atom. The maximum Gasteiger partial charge on any atom is 0.332 e. The lowest BCUT2D eigenvalue weighted by molar-refractivity contribution is -0.106. The maximum atomic E-state index is 12.5. The van der Waals surface area contributed by atoms with Crippen LogP contribution in [0.4, 0.5) is 16.2 Å². The minimum Gasteiger partial charge on any atom is -0.454 e. The molecule has 0 saturated carbocycles. The van der Waals surface area contributed by atoms with Crippen LogP contribution in [0.15, 0.2) is 42.5 Å². The number of rotatable bonds is 4. The molecule has 10 heteroatoms. The highest BCUT2D eigenvalue weighted by atomic mass is 16.7. The Morgan fingerprint density at radius 1 is 1.19 bits per heavy atom. The number of tetrazole rings is 1. The molecule has 0 atom stereocenters. The molecular formula is C16H12N6O4. The van der Waals surface area contributed by atoms with E-state index < -0.39 is 6.03 Å². The van der Waals surface area contributed by atoms with Crippen molar-refractivity contribution in [2.45, 2.75) is 0 Å². The van der Waals surface area contributed by atoms with Crippen LogP contribution in [0.2, 0.25) is 0 Å². The molecular weight excluding hydrogens is 340 g/mol. The summed E-state index contributed by atoms with van der Waals surface area (Å²) in [7, 11) is 0. The van der Waals surface area contributed by atoms with Gasteiger partial charge < -0.3 is 14.8 Å². The number of nitrogens with one attached hydrogen (secondary N) is 2. The Bertz CT molecular complexity index is 959. The third kappa shape index (κ3) is 2.90. The summed E-state index contributed by atoms with van der Waals surface area (Å²) in [5.74, 6) is 1.48. The van der Waals surface area contributed by atoms with Crippen LogP contribution in [-0.2, 0) is 4.79 Å². The number of amides is 3. The Hall–Kier alpha value is -3.95. The molecule has 2 heterocycles. The SMILES string of the molecule is O=CN(C(=O)Nc1ccc2c(c1)OCO2)c1cccc(-c2nn[nH]n2)c1. The number of ether oxygens (including phenoxy) is 2. The number of carbonyl (C=O) groups excluding carboxylic acids is 2. The molecule has 130 valence electrons. The number of carbonyl (C=O) groups is 2. The molecule has 0 spiro atoms. The van der Waals surface area contributed by atoms with E-state index in [4.69, 9.17) is 9.47 Å². The van der Waals surface area contributed by atoms with Crippen molar-refractivity contribution in [2.24, 2.45) is 0 Å². The summed E-state index contributed by atoms with van der Waals surface area (Å²) >= 11 is 0. The Kier molecular flexibility index (Phi) is 3.90. The lowest BCUT2D eigenvalue weighted by Crippen LogP contribution is -2.33. The zero-order valence-corrected chi connectivity index (χ0v) is 13.2. The minimum absolute atomic E-state index is 0.135. The molecule has 0 radical (unpaired) electrons. The first-order valence-electron chi connectivity index (χ1n) is 7.53. The quantitative estimate of drug-likeness (QED) is 0.686. The van der Waals surface area contributed by atoms with Crippen molar-refractivity contribution in [3.63, 3.8) is 0 Å². The van der Waals surface area contributed by atoms with Crippen molar-refractivity contribution in [1.82, 2.24) is 20.6 Å². The predicted octanol–water partition coefficient (Wildman–Crippen LogP) is 1.79. The second-order valence-electron chi connectivity index (χ2n) is 5.26. The van der Waals surface area contributed by atoms with Crippen molar-refractivity contribution in [3.8, 4) is 22.9 Å². The normalized spacial score (nSPS) is 11.8. The van der Waals surface area contributed by atoms with Crippen LogP contribution < -0.4 is 19.7 Å². The van der Waals surface area contributed by atoms with Gasteiger partial charge in [-0.05, 0) is 29.5 Å². The van der Waals surface area contributed by atoms with Crippen LogP contribution in [0, 0.1) is 0 Å². The van der Waals surface area contributed by atoms with Gasteiger partial charge in [-0.3, -0.25) is 4.79 Å². The maximum absolute atomic E-state index is 12.5.